The highest BCUT2D eigenvalue weighted by Crippen LogP contribution is 2.17. The average Bonchev–Trinajstić information content (AvgIpc) is 2.31. The van der Waals surface area contributed by atoms with Gasteiger partial charge in [0.25, 0.3) is 0 Å². The molecule has 0 aliphatic rings. The highest BCUT2D eigenvalue weighted by Gasteiger charge is 2.03. The van der Waals surface area contributed by atoms with E-state index in [1.54, 1.807) is 7.11 Å². The molecule has 0 spiro atoms. The van der Waals surface area contributed by atoms with Crippen LogP contribution in [0.1, 0.15) is 13.3 Å². The van der Waals surface area contributed by atoms with Crippen LogP contribution in [0.5, 0.6) is 5.75 Å². The van der Waals surface area contributed by atoms with Gasteiger partial charge >= 0.3 is 0 Å². The third kappa shape index (κ3) is 3.80. The monoisotopic (exact) mass is 208 g/mol. The minimum absolute atomic E-state index is 0.538. The Morgan fingerprint density at radius 3 is 2.87 bits per heavy atom. The highest BCUT2D eigenvalue weighted by atomic mass is 16.5. The number of rotatable bonds is 6. The Hall–Kier alpha value is -1.22. The number of nitrogens with one attached hydrogen (secondary N) is 1. The van der Waals surface area contributed by atoms with Crippen LogP contribution in [0, 0.1) is 5.92 Å². The Labute approximate surface area is 91.6 Å². The number of hydrogen-bond acceptors (Lipinski definition) is 3. The van der Waals surface area contributed by atoms with E-state index in [1.165, 1.54) is 0 Å². The summed E-state index contributed by atoms with van der Waals surface area (Å²) in [7, 11) is 1.67. The van der Waals surface area contributed by atoms with Crippen LogP contribution in [-0.4, -0.2) is 20.2 Å². The second-order valence-corrected chi connectivity index (χ2v) is 3.62. The number of methoxy groups -OCH3 is 1. The summed E-state index contributed by atoms with van der Waals surface area (Å²) in [4.78, 5) is 0. The van der Waals surface area contributed by atoms with E-state index in [-0.39, 0.29) is 0 Å². The Kier molecular flexibility index (Phi) is 4.98. The van der Waals surface area contributed by atoms with Crippen molar-refractivity contribution in [3.8, 4) is 5.75 Å². The zero-order chi connectivity index (χ0) is 11.1. The predicted octanol–water partition coefficient (Wildman–Crippen LogP) is 2.09. The van der Waals surface area contributed by atoms with Gasteiger partial charge in [0.2, 0.25) is 0 Å². The Morgan fingerprint density at radius 1 is 1.47 bits per heavy atom. The minimum Gasteiger partial charge on any atom is -0.497 e. The van der Waals surface area contributed by atoms with Crippen LogP contribution >= 0.6 is 0 Å². The first kappa shape index (κ1) is 11.9. The minimum atomic E-state index is 0.538. The van der Waals surface area contributed by atoms with E-state index in [9.17, 15) is 0 Å². The van der Waals surface area contributed by atoms with Crippen molar-refractivity contribution < 1.29 is 4.74 Å². The summed E-state index contributed by atoms with van der Waals surface area (Å²) in [5.41, 5.74) is 6.72. The molecule has 0 aromatic heterocycles. The summed E-state index contributed by atoms with van der Waals surface area (Å²) in [6.07, 6.45) is 1.10. The lowest BCUT2D eigenvalue weighted by atomic mass is 10.1. The fourth-order valence-electron chi connectivity index (χ4n) is 1.39. The molecule has 1 rings (SSSR count). The Balaban J connectivity index is 2.49. The molecular formula is C12H20N2O. The molecular weight excluding hydrogens is 188 g/mol. The molecule has 1 aromatic carbocycles. The van der Waals surface area contributed by atoms with E-state index in [1.807, 2.05) is 24.3 Å². The lowest BCUT2D eigenvalue weighted by molar-refractivity contribution is 0.415. The summed E-state index contributed by atoms with van der Waals surface area (Å²) in [6, 6.07) is 7.94. The highest BCUT2D eigenvalue weighted by molar-refractivity contribution is 5.48. The first-order chi connectivity index (χ1) is 7.30. The van der Waals surface area contributed by atoms with Crippen molar-refractivity contribution in [2.45, 2.75) is 13.3 Å². The molecule has 3 N–H and O–H groups in total. The molecule has 1 aromatic rings. The third-order valence-corrected chi connectivity index (χ3v) is 2.58. The summed E-state index contributed by atoms with van der Waals surface area (Å²) < 4.78 is 5.15. The molecule has 0 aliphatic heterocycles. The molecule has 0 fully saturated rings. The van der Waals surface area contributed by atoms with Crippen molar-refractivity contribution >= 4 is 5.69 Å². The molecule has 0 saturated heterocycles. The molecule has 0 aliphatic carbocycles. The normalized spacial score (nSPS) is 12.2. The molecule has 0 saturated carbocycles. The quantitative estimate of drug-likeness (QED) is 0.752. The third-order valence-electron chi connectivity index (χ3n) is 2.58. The molecule has 84 valence electrons. The summed E-state index contributed by atoms with van der Waals surface area (Å²) >= 11 is 0. The molecule has 1 unspecified atom stereocenters. The SMILES string of the molecule is CCC(CN)CNc1cccc(OC)c1. The van der Waals surface area contributed by atoms with Crippen molar-refractivity contribution in [2.75, 3.05) is 25.5 Å². The maximum atomic E-state index is 5.64. The second kappa shape index (κ2) is 6.30. The number of benzene rings is 1. The van der Waals surface area contributed by atoms with Crippen LogP contribution in [-0.2, 0) is 0 Å². The smallest absolute Gasteiger partial charge is 0.120 e. The van der Waals surface area contributed by atoms with Crippen LogP contribution in [0.25, 0.3) is 0 Å². The number of nitrogens with two attached hydrogens (primary N) is 1. The zero-order valence-electron chi connectivity index (χ0n) is 9.49. The van der Waals surface area contributed by atoms with Crippen LogP contribution < -0.4 is 15.8 Å². The average molecular weight is 208 g/mol. The fourth-order valence-corrected chi connectivity index (χ4v) is 1.39. The van der Waals surface area contributed by atoms with Crippen LogP contribution in [0.15, 0.2) is 24.3 Å². The molecule has 0 bridgehead atoms. The van der Waals surface area contributed by atoms with Gasteiger partial charge in [-0.05, 0) is 24.6 Å². The van der Waals surface area contributed by atoms with Crippen molar-refractivity contribution in [1.82, 2.24) is 0 Å². The molecule has 3 nitrogen and oxygen atoms in total. The topological polar surface area (TPSA) is 47.3 Å². The number of ether oxygens (including phenoxy) is 1. The van der Waals surface area contributed by atoms with Crippen molar-refractivity contribution in [1.29, 1.82) is 0 Å². The maximum absolute atomic E-state index is 5.64. The van der Waals surface area contributed by atoms with Gasteiger partial charge in [0, 0.05) is 18.3 Å². The van der Waals surface area contributed by atoms with E-state index in [2.05, 4.69) is 12.2 Å². The van der Waals surface area contributed by atoms with Gasteiger partial charge in [-0.15, -0.1) is 0 Å². The van der Waals surface area contributed by atoms with Gasteiger partial charge < -0.3 is 15.8 Å². The Bertz CT molecular complexity index is 285. The molecule has 0 amide bonds. The van der Waals surface area contributed by atoms with Gasteiger partial charge in [-0.3, -0.25) is 0 Å². The standard InChI is InChI=1S/C12H20N2O/c1-3-10(8-13)9-14-11-5-4-6-12(7-11)15-2/h4-7,10,14H,3,8-9,13H2,1-2H3. The van der Waals surface area contributed by atoms with Gasteiger partial charge in [-0.2, -0.15) is 0 Å². The molecule has 0 heterocycles. The summed E-state index contributed by atoms with van der Waals surface area (Å²) in [6.45, 7) is 3.80. The first-order valence-electron chi connectivity index (χ1n) is 5.38. The van der Waals surface area contributed by atoms with Crippen LogP contribution in [0.2, 0.25) is 0 Å². The van der Waals surface area contributed by atoms with Crippen molar-refractivity contribution in [3.63, 3.8) is 0 Å². The first-order valence-corrected chi connectivity index (χ1v) is 5.38. The van der Waals surface area contributed by atoms with Crippen LogP contribution in [0.3, 0.4) is 0 Å². The summed E-state index contributed by atoms with van der Waals surface area (Å²) in [5, 5.41) is 3.36. The largest absolute Gasteiger partial charge is 0.497 e. The van der Waals surface area contributed by atoms with Crippen molar-refractivity contribution in [2.24, 2.45) is 11.7 Å². The lowest BCUT2D eigenvalue weighted by Gasteiger charge is -2.14. The molecule has 1 atom stereocenters. The van der Waals surface area contributed by atoms with Gasteiger partial charge in [0.15, 0.2) is 0 Å². The van der Waals surface area contributed by atoms with E-state index in [0.29, 0.717) is 5.92 Å². The van der Waals surface area contributed by atoms with Gasteiger partial charge in [-0.1, -0.05) is 19.4 Å². The number of anilines is 1. The lowest BCUT2D eigenvalue weighted by Crippen LogP contribution is -2.21. The molecule has 0 radical (unpaired) electrons. The fraction of sp³-hybridized carbons (Fsp3) is 0.500. The van der Waals surface area contributed by atoms with Gasteiger partial charge in [0.1, 0.15) is 5.75 Å². The Morgan fingerprint density at radius 2 is 2.27 bits per heavy atom. The molecule has 15 heavy (non-hydrogen) atoms. The van der Waals surface area contributed by atoms with E-state index in [0.717, 1.165) is 30.9 Å². The van der Waals surface area contributed by atoms with Gasteiger partial charge in [0.05, 0.1) is 7.11 Å². The van der Waals surface area contributed by atoms with Gasteiger partial charge in [-0.25, -0.2) is 0 Å². The van der Waals surface area contributed by atoms with Crippen LogP contribution in [0.4, 0.5) is 5.69 Å². The van der Waals surface area contributed by atoms with E-state index < -0.39 is 0 Å². The summed E-state index contributed by atoms with van der Waals surface area (Å²) in [5.74, 6) is 1.41. The van der Waals surface area contributed by atoms with Crippen molar-refractivity contribution in [3.05, 3.63) is 24.3 Å². The molecule has 3 heteroatoms. The maximum Gasteiger partial charge on any atom is 0.120 e. The van der Waals surface area contributed by atoms with E-state index >= 15 is 0 Å². The second-order valence-electron chi connectivity index (χ2n) is 3.62. The predicted molar refractivity (Wildman–Crippen MR) is 64.3 cm³/mol. The zero-order valence-corrected chi connectivity index (χ0v) is 9.49. The number of hydrogen-bond donors (Lipinski definition) is 2. The van der Waals surface area contributed by atoms with E-state index in [4.69, 9.17) is 10.5 Å².